The third-order valence-electron chi connectivity index (χ3n) is 4.20. The molecule has 6 heteroatoms. The maximum Gasteiger partial charge on any atom is 0.297 e. The largest absolute Gasteiger partial charge is 0.302 e. The number of Topliss-reactive ketones (excluding diaryl/α,β-unsaturated/α-hetero) is 1. The van der Waals surface area contributed by atoms with Gasteiger partial charge in [-0.1, -0.05) is 45.0 Å². The van der Waals surface area contributed by atoms with Gasteiger partial charge in [0.15, 0.2) is 5.82 Å². The maximum atomic E-state index is 12.4. The van der Waals surface area contributed by atoms with E-state index in [-0.39, 0.29) is 5.41 Å². The highest BCUT2D eigenvalue weighted by Gasteiger charge is 2.19. The summed E-state index contributed by atoms with van der Waals surface area (Å²) in [5, 5.41) is 6.84. The van der Waals surface area contributed by atoms with Crippen LogP contribution in [0, 0.1) is 0 Å². The molecule has 138 valence electrons. The molecule has 0 fully saturated rings. The number of aromatic nitrogens is 3. The number of benzene rings is 1. The van der Waals surface area contributed by atoms with Crippen molar-refractivity contribution in [2.24, 2.45) is 0 Å². The number of amides is 1. The first-order valence-electron chi connectivity index (χ1n) is 8.71. The van der Waals surface area contributed by atoms with Gasteiger partial charge in [-0.05, 0) is 28.7 Å². The molecule has 0 atom stereocenters. The Morgan fingerprint density at radius 1 is 1.00 bits per heavy atom. The molecule has 2 aromatic heterocycles. The van der Waals surface area contributed by atoms with Crippen LogP contribution in [0.1, 0.15) is 42.3 Å². The van der Waals surface area contributed by atoms with Crippen molar-refractivity contribution >= 4 is 17.5 Å². The summed E-state index contributed by atoms with van der Waals surface area (Å²) in [6.45, 7) is 6.84. The SMILES string of the molecule is CC(C)(C)c1ccc(C(=O)C(=O)Nc2ccn(Cc3ccncc3)n2)cc1. The van der Waals surface area contributed by atoms with E-state index in [4.69, 9.17) is 0 Å². The van der Waals surface area contributed by atoms with E-state index in [1.54, 1.807) is 41.5 Å². The summed E-state index contributed by atoms with van der Waals surface area (Å²) in [7, 11) is 0. The molecular weight excluding hydrogens is 340 g/mol. The Bertz CT molecular complexity index is 938. The highest BCUT2D eigenvalue weighted by Crippen LogP contribution is 2.22. The van der Waals surface area contributed by atoms with Gasteiger partial charge in [-0.2, -0.15) is 5.10 Å². The fraction of sp³-hybridized carbons (Fsp3) is 0.238. The lowest BCUT2D eigenvalue weighted by atomic mass is 9.86. The Labute approximate surface area is 158 Å². The summed E-state index contributed by atoms with van der Waals surface area (Å²) in [5.74, 6) is -0.944. The van der Waals surface area contributed by atoms with Crippen molar-refractivity contribution in [2.45, 2.75) is 32.7 Å². The van der Waals surface area contributed by atoms with Gasteiger partial charge in [0.1, 0.15) is 0 Å². The molecule has 0 aliphatic rings. The zero-order chi connectivity index (χ0) is 19.4. The van der Waals surface area contributed by atoms with Crippen molar-refractivity contribution in [1.82, 2.24) is 14.8 Å². The average Bonchev–Trinajstić information content (AvgIpc) is 3.08. The quantitative estimate of drug-likeness (QED) is 0.557. The summed E-state index contributed by atoms with van der Waals surface area (Å²) in [4.78, 5) is 28.6. The third kappa shape index (κ3) is 4.67. The van der Waals surface area contributed by atoms with Gasteiger partial charge in [-0.25, -0.2) is 0 Å². The zero-order valence-electron chi connectivity index (χ0n) is 15.6. The number of ketones is 1. The molecule has 0 saturated carbocycles. The van der Waals surface area contributed by atoms with Crippen LogP contribution in [-0.2, 0) is 16.8 Å². The molecule has 0 spiro atoms. The Morgan fingerprint density at radius 2 is 1.67 bits per heavy atom. The summed E-state index contributed by atoms with van der Waals surface area (Å²) < 4.78 is 1.69. The van der Waals surface area contributed by atoms with E-state index in [2.05, 4.69) is 36.2 Å². The van der Waals surface area contributed by atoms with Crippen LogP contribution in [-0.4, -0.2) is 26.5 Å². The van der Waals surface area contributed by atoms with Crippen molar-refractivity contribution in [3.63, 3.8) is 0 Å². The average molecular weight is 362 g/mol. The standard InChI is InChI=1S/C21H22N4O2/c1-21(2,3)17-6-4-16(5-7-17)19(26)20(27)23-18-10-13-25(24-18)14-15-8-11-22-12-9-15/h4-13H,14H2,1-3H3,(H,23,24,27). The van der Waals surface area contributed by atoms with Crippen molar-refractivity contribution in [3.8, 4) is 0 Å². The van der Waals surface area contributed by atoms with Crippen molar-refractivity contribution in [3.05, 3.63) is 77.7 Å². The summed E-state index contributed by atoms with van der Waals surface area (Å²) >= 11 is 0. The van der Waals surface area contributed by atoms with E-state index in [0.717, 1.165) is 11.1 Å². The zero-order valence-corrected chi connectivity index (χ0v) is 15.6. The monoisotopic (exact) mass is 362 g/mol. The third-order valence-corrected chi connectivity index (χ3v) is 4.20. The first kappa shape index (κ1) is 18.5. The molecule has 0 saturated heterocycles. The molecule has 0 aliphatic carbocycles. The molecule has 0 aliphatic heterocycles. The second-order valence-electron chi connectivity index (χ2n) is 7.36. The van der Waals surface area contributed by atoms with Crippen molar-refractivity contribution in [2.75, 3.05) is 5.32 Å². The first-order valence-corrected chi connectivity index (χ1v) is 8.71. The van der Waals surface area contributed by atoms with Crippen LogP contribution in [0.5, 0.6) is 0 Å². The Morgan fingerprint density at radius 3 is 2.30 bits per heavy atom. The Hall–Kier alpha value is -3.28. The Balaban J connectivity index is 1.64. The van der Waals surface area contributed by atoms with Crippen LogP contribution in [0.4, 0.5) is 5.82 Å². The Kier molecular flexibility index (Phi) is 5.16. The molecule has 3 aromatic rings. The van der Waals surface area contributed by atoms with Gasteiger partial charge in [-0.3, -0.25) is 19.3 Å². The molecule has 0 unspecified atom stereocenters. The van der Waals surface area contributed by atoms with E-state index in [1.807, 2.05) is 24.3 Å². The minimum absolute atomic E-state index is 0.00845. The molecule has 27 heavy (non-hydrogen) atoms. The highest BCUT2D eigenvalue weighted by atomic mass is 16.2. The van der Waals surface area contributed by atoms with E-state index in [9.17, 15) is 9.59 Å². The van der Waals surface area contributed by atoms with E-state index >= 15 is 0 Å². The van der Waals surface area contributed by atoms with Gasteiger partial charge in [0.05, 0.1) is 6.54 Å². The van der Waals surface area contributed by atoms with Crippen molar-refractivity contribution in [1.29, 1.82) is 0 Å². The molecule has 1 amide bonds. The smallest absolute Gasteiger partial charge is 0.297 e. The van der Waals surface area contributed by atoms with Gasteiger partial charge in [0, 0.05) is 30.2 Å². The molecular formula is C21H22N4O2. The van der Waals surface area contributed by atoms with Crippen LogP contribution in [0.2, 0.25) is 0 Å². The fourth-order valence-electron chi connectivity index (χ4n) is 2.62. The minimum Gasteiger partial charge on any atom is -0.302 e. The lowest BCUT2D eigenvalue weighted by Crippen LogP contribution is -2.23. The molecule has 3 rings (SSSR count). The first-order chi connectivity index (χ1) is 12.8. The van der Waals surface area contributed by atoms with Crippen LogP contribution in [0.25, 0.3) is 0 Å². The number of rotatable bonds is 5. The second-order valence-corrected chi connectivity index (χ2v) is 7.36. The maximum absolute atomic E-state index is 12.4. The van der Waals surface area contributed by atoms with E-state index in [1.165, 1.54) is 0 Å². The second kappa shape index (κ2) is 7.53. The number of carbonyl (C=O) groups is 2. The number of carbonyl (C=O) groups excluding carboxylic acids is 2. The van der Waals surface area contributed by atoms with E-state index in [0.29, 0.717) is 17.9 Å². The summed E-state index contributed by atoms with van der Waals surface area (Å²) in [5.41, 5.74) is 2.50. The predicted octanol–water partition coefficient (Wildman–Crippen LogP) is 3.45. The normalized spacial score (nSPS) is 11.2. The van der Waals surface area contributed by atoms with Crippen molar-refractivity contribution < 1.29 is 9.59 Å². The number of nitrogens with one attached hydrogen (secondary N) is 1. The fourth-order valence-corrected chi connectivity index (χ4v) is 2.62. The minimum atomic E-state index is -0.701. The molecule has 1 aromatic carbocycles. The molecule has 2 heterocycles. The van der Waals surface area contributed by atoms with Crippen LogP contribution >= 0.6 is 0 Å². The van der Waals surface area contributed by atoms with Gasteiger partial charge in [-0.15, -0.1) is 0 Å². The number of pyridine rings is 1. The number of hydrogen-bond acceptors (Lipinski definition) is 4. The molecule has 1 N–H and O–H groups in total. The van der Waals surface area contributed by atoms with Gasteiger partial charge in [0.25, 0.3) is 11.7 Å². The van der Waals surface area contributed by atoms with Gasteiger partial charge >= 0.3 is 0 Å². The van der Waals surface area contributed by atoms with Crippen LogP contribution in [0.15, 0.2) is 61.1 Å². The van der Waals surface area contributed by atoms with Crippen LogP contribution < -0.4 is 5.32 Å². The summed E-state index contributed by atoms with van der Waals surface area (Å²) in [6, 6.07) is 12.6. The molecule has 0 bridgehead atoms. The topological polar surface area (TPSA) is 76.9 Å². The number of nitrogens with zero attached hydrogens (tertiary/aromatic N) is 3. The number of hydrogen-bond donors (Lipinski definition) is 1. The van der Waals surface area contributed by atoms with Gasteiger partial charge in [0.2, 0.25) is 0 Å². The number of anilines is 1. The molecule has 0 radical (unpaired) electrons. The lowest BCUT2D eigenvalue weighted by molar-refractivity contribution is -0.112. The van der Waals surface area contributed by atoms with E-state index < -0.39 is 11.7 Å². The van der Waals surface area contributed by atoms with Gasteiger partial charge < -0.3 is 5.32 Å². The molecule has 6 nitrogen and oxygen atoms in total. The lowest BCUT2D eigenvalue weighted by Gasteiger charge is -2.18. The van der Waals surface area contributed by atoms with Crippen LogP contribution in [0.3, 0.4) is 0 Å². The predicted molar refractivity (Wildman–Crippen MR) is 104 cm³/mol. The summed E-state index contributed by atoms with van der Waals surface area (Å²) in [6.07, 6.45) is 5.18. The highest BCUT2D eigenvalue weighted by molar-refractivity contribution is 6.46.